The molecule has 16 heteroatoms. The number of alkyl halides is 2. The summed E-state index contributed by atoms with van der Waals surface area (Å²) in [5.74, 6) is 0.291. The van der Waals surface area contributed by atoms with Gasteiger partial charge in [0, 0.05) is 147 Å². The molecule has 0 unspecified atom stereocenters. The summed E-state index contributed by atoms with van der Waals surface area (Å²) in [4.78, 5) is 26.7. The van der Waals surface area contributed by atoms with Crippen LogP contribution in [0.2, 0.25) is 0 Å². The van der Waals surface area contributed by atoms with Crippen LogP contribution in [0.5, 0.6) is 0 Å². The summed E-state index contributed by atoms with van der Waals surface area (Å²) in [6, 6.07) is 2.26. The van der Waals surface area contributed by atoms with Crippen molar-refractivity contribution in [1.29, 1.82) is 5.26 Å². The van der Waals surface area contributed by atoms with Gasteiger partial charge in [0.05, 0.1) is 24.2 Å². The van der Waals surface area contributed by atoms with Gasteiger partial charge in [0.25, 0.3) is 0 Å². The summed E-state index contributed by atoms with van der Waals surface area (Å²) >= 11 is 0. The monoisotopic (exact) mass is 1420 g/mol. The summed E-state index contributed by atoms with van der Waals surface area (Å²) in [5, 5.41) is 26.7. The maximum absolute atomic E-state index is 13.4. The number of piperidine rings is 4. The Kier molecular flexibility index (Phi) is 40.1. The van der Waals surface area contributed by atoms with Crippen molar-refractivity contribution >= 4 is 0 Å². The summed E-state index contributed by atoms with van der Waals surface area (Å²) < 4.78 is 26.3. The maximum atomic E-state index is 13.4. The van der Waals surface area contributed by atoms with Crippen LogP contribution in [-0.2, 0) is 0 Å². The van der Waals surface area contributed by atoms with Gasteiger partial charge in [-0.05, 0) is 352 Å². The Balaban J connectivity index is 0.000000556. The van der Waals surface area contributed by atoms with E-state index in [2.05, 4.69) is 275 Å². The van der Waals surface area contributed by atoms with E-state index < -0.39 is 11.3 Å². The van der Waals surface area contributed by atoms with Crippen molar-refractivity contribution in [1.82, 2.24) is 53.9 Å². The number of hydrogen-bond donors (Lipinski definition) is 2. The van der Waals surface area contributed by atoms with Crippen LogP contribution in [0.1, 0.15) is 305 Å². The lowest BCUT2D eigenvalue weighted by atomic mass is 9.92. The number of likely N-dealkylation sites (tertiary alicyclic amines) is 9. The molecule has 0 spiro atoms. The van der Waals surface area contributed by atoms with Gasteiger partial charge in [-0.2, -0.15) is 5.26 Å². The summed E-state index contributed by atoms with van der Waals surface area (Å²) in [6.07, 6.45) is 15.8. The van der Waals surface area contributed by atoms with Crippen molar-refractivity contribution < 1.29 is 19.0 Å². The maximum Gasteiger partial charge on any atom is 0.133 e. The van der Waals surface area contributed by atoms with Gasteiger partial charge < -0.3 is 15.1 Å². The van der Waals surface area contributed by atoms with Crippen molar-refractivity contribution in [2.24, 2.45) is 5.92 Å². The molecule has 0 atom stereocenters. The molecule has 10 aliphatic rings. The number of aliphatic hydroxyl groups is 2. The first-order chi connectivity index (χ1) is 45.1. The highest BCUT2D eigenvalue weighted by atomic mass is 19.1. The number of nitriles is 1. The van der Waals surface area contributed by atoms with Gasteiger partial charge >= 0.3 is 0 Å². The molecule has 10 rings (SSSR count). The Bertz CT molecular complexity index is 2100. The third-order valence-electron chi connectivity index (χ3n) is 21.9. The molecular formula is C84H174F2N12O2. The van der Waals surface area contributed by atoms with E-state index in [0.29, 0.717) is 59.5 Å². The van der Waals surface area contributed by atoms with Crippen LogP contribution in [0.15, 0.2) is 0 Å². The molecule has 10 heterocycles. The molecule has 2 N–H and O–H groups in total. The minimum Gasteiger partial charge on any atom is -0.393 e. The zero-order valence-corrected chi connectivity index (χ0v) is 73.0. The molecule has 596 valence electrons. The number of aliphatic hydroxyl groups excluding tert-OH is 2. The number of likely N-dealkylation sites (N-methyl/N-ethyl adjacent to an activating group) is 1. The zero-order chi connectivity index (χ0) is 77.5. The fourth-order valence-electron chi connectivity index (χ4n) is 13.5. The molecule has 0 aromatic carbocycles. The lowest BCUT2D eigenvalue weighted by Crippen LogP contribution is -2.63. The Morgan fingerprint density at radius 1 is 0.290 bits per heavy atom. The quantitative estimate of drug-likeness (QED) is 0.241. The average Bonchev–Trinajstić information content (AvgIpc) is 0.891. The van der Waals surface area contributed by atoms with Gasteiger partial charge in [-0.3, -0.25) is 49.0 Å². The molecule has 10 fully saturated rings. The highest BCUT2D eigenvalue weighted by molar-refractivity contribution is 5.00. The molecule has 0 aliphatic carbocycles. The van der Waals surface area contributed by atoms with Gasteiger partial charge in [0.1, 0.15) is 11.3 Å². The molecule has 0 bridgehead atoms. The molecule has 10 saturated heterocycles. The minimum absolute atomic E-state index is 0.0476. The molecule has 0 aromatic rings. The molecular weight excluding hydrogens is 1250 g/mol. The molecule has 0 saturated carbocycles. The normalized spacial score (nSPS) is 23.8. The predicted molar refractivity (Wildman–Crippen MR) is 431 cm³/mol. The summed E-state index contributed by atoms with van der Waals surface area (Å²) in [6.45, 7) is 94.4. The molecule has 10 aliphatic heterocycles. The second-order valence-corrected chi connectivity index (χ2v) is 41.8. The summed E-state index contributed by atoms with van der Waals surface area (Å²) in [5.41, 5.74) is 1.31. The number of piperazine rings is 1. The Morgan fingerprint density at radius 3 is 0.740 bits per heavy atom. The Hall–Kier alpha value is -1.17. The van der Waals surface area contributed by atoms with E-state index in [0.717, 1.165) is 65.2 Å². The first kappa shape index (κ1) is 96.8. The van der Waals surface area contributed by atoms with Crippen molar-refractivity contribution in [3.63, 3.8) is 0 Å². The van der Waals surface area contributed by atoms with Gasteiger partial charge in [0.15, 0.2) is 0 Å². The lowest BCUT2D eigenvalue weighted by molar-refractivity contribution is -0.0681. The van der Waals surface area contributed by atoms with Crippen LogP contribution in [0.4, 0.5) is 8.78 Å². The van der Waals surface area contributed by atoms with Crippen LogP contribution in [-0.4, -0.2) is 294 Å². The number of β-amino-alcohol motifs (C(OH)–C–C–N with tert-alkyl or cyclic N) is 1. The van der Waals surface area contributed by atoms with Crippen molar-refractivity contribution in [3.8, 4) is 6.07 Å². The fourth-order valence-corrected chi connectivity index (χ4v) is 13.5. The van der Waals surface area contributed by atoms with E-state index >= 15 is 0 Å². The molecule has 100 heavy (non-hydrogen) atoms. The average molecular weight is 1420 g/mol. The van der Waals surface area contributed by atoms with E-state index in [9.17, 15) is 13.9 Å². The molecule has 0 radical (unpaired) electrons. The SMILES string of the molecule is CC(C)(C)N1CC(C#N)C1.CC(C)(C)N1CC(O)C1.CC(C)(C)N1CCC(O)CC1.CC(C)(C)N1CCC1.CC(C)(C)N1CCCC1.CC(C)(C)N1CCCCC1.CC(C)(C)N1CCCCC1.CC1(F)CCN(C(C)(C)C)CC1.CC1(F)CN(C(C)(C)C)C1.CN1CCN(C(C)(C)C)CC1. The Labute approximate surface area is 622 Å². The highest BCUT2D eigenvalue weighted by Crippen LogP contribution is 2.32. The van der Waals surface area contributed by atoms with E-state index in [-0.39, 0.29) is 39.9 Å². The second-order valence-electron chi connectivity index (χ2n) is 41.8. The van der Waals surface area contributed by atoms with E-state index in [4.69, 9.17) is 10.4 Å². The van der Waals surface area contributed by atoms with Gasteiger partial charge in [-0.1, -0.05) is 12.8 Å². The lowest BCUT2D eigenvalue weighted by Gasteiger charge is -2.49. The van der Waals surface area contributed by atoms with Gasteiger partial charge in [0.2, 0.25) is 0 Å². The van der Waals surface area contributed by atoms with Crippen LogP contribution in [0.25, 0.3) is 0 Å². The minimum atomic E-state index is -0.923. The highest BCUT2D eigenvalue weighted by Gasteiger charge is 2.44. The Morgan fingerprint density at radius 2 is 0.530 bits per heavy atom. The van der Waals surface area contributed by atoms with Gasteiger partial charge in [-0.25, -0.2) is 8.78 Å². The number of nitrogens with zero attached hydrogens (tertiary/aromatic N) is 12. The first-order valence-electron chi connectivity index (χ1n) is 40.4. The summed E-state index contributed by atoms with van der Waals surface area (Å²) in [7, 11) is 2.19. The van der Waals surface area contributed by atoms with E-state index in [1.807, 2.05) is 0 Å². The topological polar surface area (TPSA) is 99.9 Å². The van der Waals surface area contributed by atoms with E-state index in [1.54, 1.807) is 13.8 Å². The zero-order valence-electron chi connectivity index (χ0n) is 73.0. The predicted octanol–water partition coefficient (Wildman–Crippen LogP) is 16.3. The van der Waals surface area contributed by atoms with Crippen LogP contribution in [0, 0.1) is 17.2 Å². The third kappa shape index (κ3) is 40.7. The number of hydrogen-bond acceptors (Lipinski definition) is 14. The van der Waals surface area contributed by atoms with Gasteiger partial charge in [-0.15, -0.1) is 0 Å². The molecule has 0 aromatic heterocycles. The standard InChI is InChI=1S/C10H20FN.C9H20N2.C9H19NO.2C9H19N.C8H16FN.C8H14N2.C8H17N.C7H15NO.C7H15N/c1-9(2,3)12-7-5-10(4,11)6-8-12;1-9(2,3)11-7-5-10(4)6-8-11;1-9(2,3)10-6-4-8(11)5-7-10;2*1-9(2,3)10-7-5-4-6-8-10;1-7(2,3)10-5-8(4,9)6-10;1-8(2,3)10-5-7(4-9)6-10;1-8(2,3)9-6-4-5-7-9;1-7(2,3)8-4-6(9)5-8;1-7(2,3)8-5-4-6-8/h5-8H2,1-4H3;5-8H2,1-4H3;8,11H,4-7H2,1-3H3;2*4-8H2,1-3H3;5-6H2,1-4H3;7H,5-6H2,1-3H3;4-7H2,1-3H3;6,9H,4-5H2,1-3H3;4-6H2,1-3H3. The third-order valence-corrected chi connectivity index (χ3v) is 21.9. The van der Waals surface area contributed by atoms with Crippen molar-refractivity contribution in [3.05, 3.63) is 0 Å². The molecule has 0 amide bonds. The van der Waals surface area contributed by atoms with Crippen molar-refractivity contribution in [2.75, 3.05) is 151 Å². The second kappa shape index (κ2) is 41.4. The number of rotatable bonds is 0. The molecule has 14 nitrogen and oxygen atoms in total. The fraction of sp³-hybridized carbons (Fsp3) is 0.988. The largest absolute Gasteiger partial charge is 0.393 e. The van der Waals surface area contributed by atoms with Crippen LogP contribution < -0.4 is 0 Å². The number of halogens is 2. The van der Waals surface area contributed by atoms with Crippen LogP contribution in [0.3, 0.4) is 0 Å². The van der Waals surface area contributed by atoms with E-state index in [1.165, 1.54) is 136 Å². The first-order valence-corrected chi connectivity index (χ1v) is 40.4. The van der Waals surface area contributed by atoms with Crippen molar-refractivity contribution in [2.45, 2.75) is 384 Å². The van der Waals surface area contributed by atoms with Crippen LogP contribution >= 0.6 is 0 Å². The smallest absolute Gasteiger partial charge is 0.133 e.